The molecule has 2 rings (SSSR count). The summed E-state index contributed by atoms with van der Waals surface area (Å²) in [6, 6.07) is 6.25. The summed E-state index contributed by atoms with van der Waals surface area (Å²) in [7, 11) is 0. The maximum absolute atomic E-state index is 4.72. The second kappa shape index (κ2) is 5.17. The molecule has 3 nitrogen and oxygen atoms in total. The van der Waals surface area contributed by atoms with Crippen LogP contribution < -0.4 is 10.2 Å². The third kappa shape index (κ3) is 3.37. The smallest absolute Gasteiger partial charge is 0.130 e. The van der Waals surface area contributed by atoms with Gasteiger partial charge in [-0.1, -0.05) is 19.4 Å². The van der Waals surface area contributed by atoms with Gasteiger partial charge in [0, 0.05) is 18.6 Å². The van der Waals surface area contributed by atoms with Gasteiger partial charge in [-0.3, -0.25) is 0 Å². The Labute approximate surface area is 111 Å². The highest BCUT2D eigenvalue weighted by molar-refractivity contribution is 5.48. The standard InChI is InChI=1S/C15H25N3/c1-5-12-9-10-18(11-12)14-8-6-7-13(16-14)17-15(2,3)4/h6-8,12H,5,9-11H2,1-4H3,(H,16,17). The minimum atomic E-state index is 0.0581. The molecule has 1 aliphatic heterocycles. The highest BCUT2D eigenvalue weighted by Crippen LogP contribution is 2.25. The molecule has 1 aromatic heterocycles. The van der Waals surface area contributed by atoms with Gasteiger partial charge in [0.25, 0.3) is 0 Å². The topological polar surface area (TPSA) is 28.2 Å². The number of hydrogen-bond donors (Lipinski definition) is 1. The van der Waals surface area contributed by atoms with E-state index in [2.05, 4.69) is 50.0 Å². The number of nitrogens with zero attached hydrogens (tertiary/aromatic N) is 2. The van der Waals surface area contributed by atoms with Crippen LogP contribution in [0.5, 0.6) is 0 Å². The normalized spacial score (nSPS) is 20.2. The van der Waals surface area contributed by atoms with Crippen LogP contribution in [0.4, 0.5) is 11.6 Å². The number of anilines is 2. The molecule has 0 saturated carbocycles. The zero-order valence-corrected chi connectivity index (χ0v) is 12.0. The predicted octanol–water partition coefficient (Wildman–Crippen LogP) is 3.53. The van der Waals surface area contributed by atoms with Crippen LogP contribution in [0.1, 0.15) is 40.5 Å². The fourth-order valence-corrected chi connectivity index (χ4v) is 2.43. The fraction of sp³-hybridized carbons (Fsp3) is 0.667. The Morgan fingerprint density at radius 1 is 1.39 bits per heavy atom. The van der Waals surface area contributed by atoms with Crippen molar-refractivity contribution in [2.75, 3.05) is 23.3 Å². The van der Waals surface area contributed by atoms with E-state index in [0.29, 0.717) is 0 Å². The van der Waals surface area contributed by atoms with Gasteiger partial charge in [0.1, 0.15) is 11.6 Å². The summed E-state index contributed by atoms with van der Waals surface area (Å²) < 4.78 is 0. The Hall–Kier alpha value is -1.25. The summed E-state index contributed by atoms with van der Waals surface area (Å²) in [4.78, 5) is 7.13. The number of rotatable bonds is 3. The van der Waals surface area contributed by atoms with E-state index in [1.165, 1.54) is 12.8 Å². The summed E-state index contributed by atoms with van der Waals surface area (Å²) in [6.07, 6.45) is 2.57. The van der Waals surface area contributed by atoms with Gasteiger partial charge in [-0.25, -0.2) is 4.98 Å². The third-order valence-electron chi connectivity index (χ3n) is 3.42. The first-order valence-corrected chi connectivity index (χ1v) is 6.98. The minimum absolute atomic E-state index is 0.0581. The molecule has 0 bridgehead atoms. The summed E-state index contributed by atoms with van der Waals surface area (Å²) in [5.74, 6) is 2.92. The van der Waals surface area contributed by atoms with E-state index in [1.807, 2.05) is 6.07 Å². The van der Waals surface area contributed by atoms with Gasteiger partial charge < -0.3 is 10.2 Å². The van der Waals surface area contributed by atoms with Gasteiger partial charge in [-0.15, -0.1) is 0 Å². The molecule has 2 heterocycles. The molecule has 1 fully saturated rings. The number of pyridine rings is 1. The lowest BCUT2D eigenvalue weighted by Gasteiger charge is -2.23. The molecule has 0 amide bonds. The van der Waals surface area contributed by atoms with E-state index in [-0.39, 0.29) is 5.54 Å². The van der Waals surface area contributed by atoms with Crippen molar-refractivity contribution < 1.29 is 0 Å². The second-order valence-electron chi connectivity index (χ2n) is 6.26. The lowest BCUT2D eigenvalue weighted by molar-refractivity contribution is 0.568. The maximum atomic E-state index is 4.72. The van der Waals surface area contributed by atoms with Gasteiger partial charge in [0.05, 0.1) is 0 Å². The van der Waals surface area contributed by atoms with E-state index >= 15 is 0 Å². The minimum Gasteiger partial charge on any atom is -0.365 e. The Kier molecular flexibility index (Phi) is 3.79. The van der Waals surface area contributed by atoms with E-state index in [1.54, 1.807) is 0 Å². The van der Waals surface area contributed by atoms with Crippen molar-refractivity contribution in [1.82, 2.24) is 4.98 Å². The molecule has 0 spiro atoms. The predicted molar refractivity (Wildman–Crippen MR) is 78.2 cm³/mol. The molecule has 0 radical (unpaired) electrons. The first-order valence-electron chi connectivity index (χ1n) is 6.98. The Morgan fingerprint density at radius 3 is 2.78 bits per heavy atom. The summed E-state index contributed by atoms with van der Waals surface area (Å²) in [6.45, 7) is 11.0. The van der Waals surface area contributed by atoms with Crippen LogP contribution in [-0.2, 0) is 0 Å². The van der Waals surface area contributed by atoms with Crippen molar-refractivity contribution in [2.45, 2.75) is 46.1 Å². The molecule has 3 heteroatoms. The van der Waals surface area contributed by atoms with E-state index in [4.69, 9.17) is 4.98 Å². The molecule has 1 N–H and O–H groups in total. The molecule has 1 aliphatic rings. The summed E-state index contributed by atoms with van der Waals surface area (Å²) >= 11 is 0. The molecule has 18 heavy (non-hydrogen) atoms. The first-order chi connectivity index (χ1) is 8.48. The summed E-state index contributed by atoms with van der Waals surface area (Å²) in [5, 5.41) is 3.43. The van der Waals surface area contributed by atoms with Gasteiger partial charge in [-0.05, 0) is 45.2 Å². The Balaban J connectivity index is 2.08. The van der Waals surface area contributed by atoms with Gasteiger partial charge in [-0.2, -0.15) is 0 Å². The molecule has 0 aliphatic carbocycles. The van der Waals surface area contributed by atoms with E-state index in [9.17, 15) is 0 Å². The monoisotopic (exact) mass is 247 g/mol. The first kappa shape index (κ1) is 13.2. The zero-order valence-electron chi connectivity index (χ0n) is 12.0. The molecule has 0 aromatic carbocycles. The lowest BCUT2D eigenvalue weighted by atomic mass is 10.1. The largest absolute Gasteiger partial charge is 0.365 e. The molecule has 1 aromatic rings. The van der Waals surface area contributed by atoms with Gasteiger partial charge >= 0.3 is 0 Å². The molecular formula is C15H25N3. The molecule has 1 saturated heterocycles. The highest BCUT2D eigenvalue weighted by Gasteiger charge is 2.22. The van der Waals surface area contributed by atoms with Crippen molar-refractivity contribution >= 4 is 11.6 Å². The van der Waals surface area contributed by atoms with Crippen LogP contribution in [0.15, 0.2) is 18.2 Å². The van der Waals surface area contributed by atoms with Crippen LogP contribution in [0.25, 0.3) is 0 Å². The lowest BCUT2D eigenvalue weighted by Crippen LogP contribution is -2.27. The van der Waals surface area contributed by atoms with Crippen LogP contribution >= 0.6 is 0 Å². The van der Waals surface area contributed by atoms with Crippen molar-refractivity contribution in [1.29, 1.82) is 0 Å². The Bertz CT molecular complexity index is 395. The number of hydrogen-bond acceptors (Lipinski definition) is 3. The molecule has 1 atom stereocenters. The average Bonchev–Trinajstić information content (AvgIpc) is 2.75. The highest BCUT2D eigenvalue weighted by atomic mass is 15.2. The van der Waals surface area contributed by atoms with Crippen LogP contribution in [-0.4, -0.2) is 23.6 Å². The number of aromatic nitrogens is 1. The van der Waals surface area contributed by atoms with Crippen molar-refractivity contribution in [3.8, 4) is 0 Å². The van der Waals surface area contributed by atoms with E-state index in [0.717, 1.165) is 30.6 Å². The summed E-state index contributed by atoms with van der Waals surface area (Å²) in [5.41, 5.74) is 0.0581. The molecular weight excluding hydrogens is 222 g/mol. The average molecular weight is 247 g/mol. The molecule has 1 unspecified atom stereocenters. The third-order valence-corrected chi connectivity index (χ3v) is 3.42. The van der Waals surface area contributed by atoms with Crippen molar-refractivity contribution in [3.63, 3.8) is 0 Å². The number of nitrogens with one attached hydrogen (secondary N) is 1. The van der Waals surface area contributed by atoms with Crippen molar-refractivity contribution in [2.24, 2.45) is 5.92 Å². The van der Waals surface area contributed by atoms with Gasteiger partial charge in [0.15, 0.2) is 0 Å². The van der Waals surface area contributed by atoms with Crippen LogP contribution in [0.3, 0.4) is 0 Å². The zero-order chi connectivity index (χ0) is 13.2. The van der Waals surface area contributed by atoms with Crippen LogP contribution in [0, 0.1) is 5.92 Å². The second-order valence-corrected chi connectivity index (χ2v) is 6.26. The van der Waals surface area contributed by atoms with Crippen LogP contribution in [0.2, 0.25) is 0 Å². The van der Waals surface area contributed by atoms with Crippen molar-refractivity contribution in [3.05, 3.63) is 18.2 Å². The molecule has 100 valence electrons. The Morgan fingerprint density at radius 2 is 2.17 bits per heavy atom. The SMILES string of the molecule is CCC1CCN(c2cccc(NC(C)(C)C)n2)C1. The fourth-order valence-electron chi connectivity index (χ4n) is 2.43. The van der Waals surface area contributed by atoms with Gasteiger partial charge in [0.2, 0.25) is 0 Å². The maximum Gasteiger partial charge on any atom is 0.130 e. The van der Waals surface area contributed by atoms with E-state index < -0.39 is 0 Å². The quantitative estimate of drug-likeness (QED) is 0.885.